The molecule has 0 radical (unpaired) electrons. The minimum Gasteiger partial charge on any atom is -0.390 e. The van der Waals surface area contributed by atoms with E-state index in [1.54, 1.807) is 0 Å². The van der Waals surface area contributed by atoms with E-state index in [2.05, 4.69) is 13.8 Å². The van der Waals surface area contributed by atoms with Crippen LogP contribution in [0.15, 0.2) is 0 Å². The zero-order valence-corrected chi connectivity index (χ0v) is 5.81. The first-order chi connectivity index (χ1) is 3.60. The molecule has 1 N–H and O–H groups in total. The van der Waals surface area contributed by atoms with Crippen molar-refractivity contribution in [3.8, 4) is 0 Å². The second-order valence-corrected chi connectivity index (χ2v) is 3.03. The molecule has 1 rings (SSSR count). The number of rotatable bonds is 1. The molecule has 1 aliphatic rings. The van der Waals surface area contributed by atoms with Crippen LogP contribution in [-0.4, -0.2) is 10.7 Å². The van der Waals surface area contributed by atoms with E-state index in [4.69, 9.17) is 0 Å². The SMILES string of the molecule is CC[C@H]1C(C)[C@]1(C)O. The van der Waals surface area contributed by atoms with Crippen molar-refractivity contribution in [2.24, 2.45) is 11.8 Å². The van der Waals surface area contributed by atoms with E-state index in [1.165, 1.54) is 0 Å². The van der Waals surface area contributed by atoms with Crippen LogP contribution in [0.4, 0.5) is 0 Å². The molecule has 8 heavy (non-hydrogen) atoms. The van der Waals surface area contributed by atoms with Crippen LogP contribution in [0.25, 0.3) is 0 Å². The summed E-state index contributed by atoms with van der Waals surface area (Å²) in [7, 11) is 0. The molecule has 1 heteroatoms. The van der Waals surface area contributed by atoms with Crippen LogP contribution in [0.5, 0.6) is 0 Å². The maximum atomic E-state index is 9.36. The van der Waals surface area contributed by atoms with Gasteiger partial charge < -0.3 is 5.11 Å². The van der Waals surface area contributed by atoms with E-state index in [0.717, 1.165) is 6.42 Å². The first-order valence-electron chi connectivity index (χ1n) is 3.33. The monoisotopic (exact) mass is 114 g/mol. The Labute approximate surface area is 50.7 Å². The van der Waals surface area contributed by atoms with Crippen LogP contribution in [0.2, 0.25) is 0 Å². The lowest BCUT2D eigenvalue weighted by atomic mass is 10.2. The topological polar surface area (TPSA) is 20.2 Å². The Kier molecular flexibility index (Phi) is 1.12. The van der Waals surface area contributed by atoms with Gasteiger partial charge in [-0.3, -0.25) is 0 Å². The maximum Gasteiger partial charge on any atom is 0.0680 e. The third-order valence-corrected chi connectivity index (χ3v) is 2.61. The number of aliphatic hydroxyl groups is 1. The Morgan fingerprint density at radius 1 is 1.62 bits per heavy atom. The summed E-state index contributed by atoms with van der Waals surface area (Å²) in [6.07, 6.45) is 1.12. The van der Waals surface area contributed by atoms with Gasteiger partial charge in [-0.15, -0.1) is 0 Å². The van der Waals surface area contributed by atoms with Gasteiger partial charge in [-0.1, -0.05) is 20.3 Å². The molecule has 0 aromatic carbocycles. The molecule has 0 spiro atoms. The van der Waals surface area contributed by atoms with Gasteiger partial charge in [0.15, 0.2) is 0 Å². The zero-order valence-electron chi connectivity index (χ0n) is 5.81. The summed E-state index contributed by atoms with van der Waals surface area (Å²) in [5.74, 6) is 1.11. The highest BCUT2D eigenvalue weighted by atomic mass is 16.3. The van der Waals surface area contributed by atoms with Gasteiger partial charge in [0.25, 0.3) is 0 Å². The molecule has 1 unspecified atom stereocenters. The lowest BCUT2D eigenvalue weighted by Crippen LogP contribution is -2.03. The molecule has 3 atom stereocenters. The standard InChI is InChI=1S/C7H14O/c1-4-6-5(2)7(6,3)8/h5-6,8H,4H2,1-3H3/t5?,6-,7-/m0/s1. The van der Waals surface area contributed by atoms with E-state index in [9.17, 15) is 5.11 Å². The van der Waals surface area contributed by atoms with Crippen LogP contribution in [0.1, 0.15) is 27.2 Å². The lowest BCUT2D eigenvalue weighted by molar-refractivity contribution is 0.140. The quantitative estimate of drug-likeness (QED) is 0.546. The van der Waals surface area contributed by atoms with Crippen molar-refractivity contribution in [1.82, 2.24) is 0 Å². The van der Waals surface area contributed by atoms with Gasteiger partial charge in [0.05, 0.1) is 5.60 Å². The highest BCUT2D eigenvalue weighted by molar-refractivity contribution is 5.05. The predicted octanol–water partition coefficient (Wildman–Crippen LogP) is 1.41. The molecule has 0 saturated heterocycles. The Hall–Kier alpha value is -0.0400. The summed E-state index contributed by atoms with van der Waals surface area (Å²) in [4.78, 5) is 0. The van der Waals surface area contributed by atoms with Gasteiger partial charge in [0.2, 0.25) is 0 Å². The van der Waals surface area contributed by atoms with Crippen molar-refractivity contribution < 1.29 is 5.11 Å². The van der Waals surface area contributed by atoms with Crippen LogP contribution >= 0.6 is 0 Å². The Morgan fingerprint density at radius 2 is 2.00 bits per heavy atom. The van der Waals surface area contributed by atoms with Gasteiger partial charge in [0.1, 0.15) is 0 Å². The Balaban J connectivity index is 2.45. The van der Waals surface area contributed by atoms with E-state index < -0.39 is 0 Å². The fourth-order valence-corrected chi connectivity index (χ4v) is 1.58. The molecule has 0 aromatic heterocycles. The van der Waals surface area contributed by atoms with Crippen LogP contribution in [-0.2, 0) is 0 Å². The summed E-state index contributed by atoms with van der Waals surface area (Å²) in [6.45, 7) is 6.16. The Morgan fingerprint density at radius 3 is 2.00 bits per heavy atom. The van der Waals surface area contributed by atoms with Gasteiger partial charge in [-0.2, -0.15) is 0 Å². The third-order valence-electron chi connectivity index (χ3n) is 2.61. The van der Waals surface area contributed by atoms with Gasteiger partial charge >= 0.3 is 0 Å². The molecule has 0 aromatic rings. The molecular formula is C7H14O. The molecular weight excluding hydrogens is 100 g/mol. The average molecular weight is 114 g/mol. The van der Waals surface area contributed by atoms with E-state index in [0.29, 0.717) is 11.8 Å². The largest absolute Gasteiger partial charge is 0.390 e. The summed E-state index contributed by atoms with van der Waals surface area (Å²) >= 11 is 0. The molecule has 0 amide bonds. The van der Waals surface area contributed by atoms with E-state index in [1.807, 2.05) is 6.92 Å². The fourth-order valence-electron chi connectivity index (χ4n) is 1.58. The van der Waals surface area contributed by atoms with Crippen molar-refractivity contribution in [2.75, 3.05) is 0 Å². The maximum absolute atomic E-state index is 9.36. The first-order valence-corrected chi connectivity index (χ1v) is 3.33. The molecule has 1 aliphatic carbocycles. The normalized spacial score (nSPS) is 54.0. The second-order valence-electron chi connectivity index (χ2n) is 3.03. The van der Waals surface area contributed by atoms with E-state index in [-0.39, 0.29) is 5.60 Å². The van der Waals surface area contributed by atoms with Crippen LogP contribution in [0.3, 0.4) is 0 Å². The molecule has 0 heterocycles. The third kappa shape index (κ3) is 0.576. The first kappa shape index (κ1) is 6.09. The summed E-state index contributed by atoms with van der Waals surface area (Å²) in [5, 5.41) is 9.36. The molecule has 48 valence electrons. The molecule has 1 saturated carbocycles. The van der Waals surface area contributed by atoms with Gasteiger partial charge in [-0.25, -0.2) is 0 Å². The van der Waals surface area contributed by atoms with Crippen molar-refractivity contribution in [3.63, 3.8) is 0 Å². The van der Waals surface area contributed by atoms with Crippen molar-refractivity contribution in [2.45, 2.75) is 32.8 Å². The van der Waals surface area contributed by atoms with Gasteiger partial charge in [-0.05, 0) is 18.8 Å². The minimum atomic E-state index is -0.325. The smallest absolute Gasteiger partial charge is 0.0680 e. The minimum absolute atomic E-state index is 0.325. The Bertz CT molecular complexity index is 96.6. The summed E-state index contributed by atoms with van der Waals surface area (Å²) < 4.78 is 0. The van der Waals surface area contributed by atoms with Crippen LogP contribution in [0, 0.1) is 11.8 Å². The van der Waals surface area contributed by atoms with E-state index >= 15 is 0 Å². The van der Waals surface area contributed by atoms with Crippen molar-refractivity contribution >= 4 is 0 Å². The van der Waals surface area contributed by atoms with Crippen molar-refractivity contribution in [3.05, 3.63) is 0 Å². The predicted molar refractivity (Wildman–Crippen MR) is 33.6 cm³/mol. The zero-order chi connectivity index (χ0) is 6.36. The highest BCUT2D eigenvalue weighted by Crippen LogP contribution is 2.51. The van der Waals surface area contributed by atoms with Crippen molar-refractivity contribution in [1.29, 1.82) is 0 Å². The van der Waals surface area contributed by atoms with Gasteiger partial charge in [0, 0.05) is 0 Å². The number of hydrogen-bond donors (Lipinski definition) is 1. The molecule has 0 bridgehead atoms. The van der Waals surface area contributed by atoms with Crippen LogP contribution < -0.4 is 0 Å². The second kappa shape index (κ2) is 1.47. The fraction of sp³-hybridized carbons (Fsp3) is 1.00. The lowest BCUT2D eigenvalue weighted by Gasteiger charge is -1.96. The molecule has 1 nitrogen and oxygen atoms in total. The molecule has 1 fully saturated rings. The molecule has 0 aliphatic heterocycles. The average Bonchev–Trinajstić information content (AvgIpc) is 2.09. The highest BCUT2D eigenvalue weighted by Gasteiger charge is 2.55. The summed E-state index contributed by atoms with van der Waals surface area (Å²) in [6, 6.07) is 0. The number of hydrogen-bond acceptors (Lipinski definition) is 1. The summed E-state index contributed by atoms with van der Waals surface area (Å²) in [5.41, 5.74) is -0.325.